The number of carbonyl (C=O) groups excluding carboxylic acids is 1. The van der Waals surface area contributed by atoms with Crippen LogP contribution in [0.2, 0.25) is 0 Å². The highest BCUT2D eigenvalue weighted by Gasteiger charge is 2.16. The first-order chi connectivity index (χ1) is 12.0. The van der Waals surface area contributed by atoms with Gasteiger partial charge in [-0.15, -0.1) is 11.3 Å². The fraction of sp³-hybridized carbons (Fsp3) is 0.111. The molecule has 2 aromatic heterocycles. The highest BCUT2D eigenvalue weighted by molar-refractivity contribution is 7.18. The van der Waals surface area contributed by atoms with Crippen LogP contribution < -0.4 is 10.9 Å². The minimum atomic E-state index is -0.354. The number of hydrogen-bond donors (Lipinski definition) is 1. The van der Waals surface area contributed by atoms with Crippen LogP contribution in [0, 0.1) is 6.92 Å². The van der Waals surface area contributed by atoms with E-state index in [0.29, 0.717) is 16.5 Å². The second kappa shape index (κ2) is 5.78. The molecule has 0 fully saturated rings. The zero-order chi connectivity index (χ0) is 17.6. The Morgan fingerprint density at radius 1 is 1.16 bits per heavy atom. The zero-order valence-corrected chi connectivity index (χ0v) is 14.4. The van der Waals surface area contributed by atoms with Crippen LogP contribution in [0.25, 0.3) is 21.0 Å². The van der Waals surface area contributed by atoms with Crippen molar-refractivity contribution in [1.82, 2.24) is 14.8 Å². The second-order valence-electron chi connectivity index (χ2n) is 5.69. The van der Waals surface area contributed by atoms with Crippen molar-refractivity contribution in [3.8, 4) is 0 Å². The molecule has 6 nitrogen and oxygen atoms in total. The molecule has 0 bridgehead atoms. The Bertz CT molecular complexity index is 1190. The van der Waals surface area contributed by atoms with E-state index in [-0.39, 0.29) is 17.2 Å². The summed E-state index contributed by atoms with van der Waals surface area (Å²) >= 11 is 1.57. The summed E-state index contributed by atoms with van der Waals surface area (Å²) in [6, 6.07) is 12.6. The minimum Gasteiger partial charge on any atom is -0.321 e. The first kappa shape index (κ1) is 15.5. The third-order valence-electron chi connectivity index (χ3n) is 3.92. The van der Waals surface area contributed by atoms with Gasteiger partial charge in [0.25, 0.3) is 11.5 Å². The smallest absolute Gasteiger partial charge is 0.276 e. The lowest BCUT2D eigenvalue weighted by Crippen LogP contribution is -2.25. The number of thiazole rings is 1. The van der Waals surface area contributed by atoms with Crippen molar-refractivity contribution in [3.05, 3.63) is 63.5 Å². The number of fused-ring (bicyclic) bond motifs is 2. The van der Waals surface area contributed by atoms with E-state index in [1.165, 1.54) is 11.7 Å². The van der Waals surface area contributed by atoms with Gasteiger partial charge in [-0.1, -0.05) is 18.2 Å². The molecule has 0 unspecified atom stereocenters. The van der Waals surface area contributed by atoms with Crippen molar-refractivity contribution in [2.24, 2.45) is 7.05 Å². The monoisotopic (exact) mass is 350 g/mol. The topological polar surface area (TPSA) is 76.9 Å². The Morgan fingerprint density at radius 3 is 2.72 bits per heavy atom. The van der Waals surface area contributed by atoms with Crippen LogP contribution in [0.4, 0.5) is 5.69 Å². The van der Waals surface area contributed by atoms with Gasteiger partial charge in [-0.3, -0.25) is 9.59 Å². The minimum absolute atomic E-state index is 0.221. The molecule has 0 atom stereocenters. The summed E-state index contributed by atoms with van der Waals surface area (Å²) in [5, 5.41) is 8.99. The number of carbonyl (C=O) groups is 1. The number of aryl methyl sites for hydroxylation is 2. The molecule has 4 rings (SSSR count). The number of amides is 1. The number of benzene rings is 2. The van der Waals surface area contributed by atoms with E-state index in [9.17, 15) is 9.59 Å². The Kier molecular flexibility index (Phi) is 3.58. The largest absolute Gasteiger partial charge is 0.321 e. The summed E-state index contributed by atoms with van der Waals surface area (Å²) in [5.74, 6) is -0.354. The molecule has 0 saturated carbocycles. The van der Waals surface area contributed by atoms with Gasteiger partial charge in [0.2, 0.25) is 0 Å². The lowest BCUT2D eigenvalue weighted by atomic mass is 10.1. The molecule has 1 amide bonds. The average molecular weight is 350 g/mol. The predicted octanol–water partition coefficient (Wildman–Crippen LogP) is 3.10. The van der Waals surface area contributed by atoms with Crippen molar-refractivity contribution in [3.63, 3.8) is 0 Å². The third-order valence-corrected chi connectivity index (χ3v) is 4.86. The second-order valence-corrected chi connectivity index (χ2v) is 6.93. The molecule has 0 aliphatic rings. The van der Waals surface area contributed by atoms with Crippen LogP contribution in [0.5, 0.6) is 0 Å². The molecule has 0 radical (unpaired) electrons. The molecule has 2 aromatic carbocycles. The van der Waals surface area contributed by atoms with Crippen molar-refractivity contribution in [1.29, 1.82) is 0 Å². The Hall–Kier alpha value is -3.06. The molecule has 1 N–H and O–H groups in total. The molecular weight excluding hydrogens is 336 g/mol. The molecule has 25 heavy (non-hydrogen) atoms. The number of aromatic nitrogens is 3. The molecule has 2 heterocycles. The maximum atomic E-state index is 12.7. The predicted molar refractivity (Wildman–Crippen MR) is 99.3 cm³/mol. The molecule has 4 aromatic rings. The Balaban J connectivity index is 1.76. The van der Waals surface area contributed by atoms with E-state index < -0.39 is 0 Å². The van der Waals surface area contributed by atoms with Gasteiger partial charge in [-0.05, 0) is 31.2 Å². The quantitative estimate of drug-likeness (QED) is 0.603. The van der Waals surface area contributed by atoms with Crippen molar-refractivity contribution in [2.45, 2.75) is 6.92 Å². The molecule has 0 aliphatic carbocycles. The zero-order valence-electron chi connectivity index (χ0n) is 13.6. The summed E-state index contributed by atoms with van der Waals surface area (Å²) in [6.07, 6.45) is 0. The van der Waals surface area contributed by atoms with Crippen molar-refractivity contribution < 1.29 is 4.79 Å². The fourth-order valence-corrected chi connectivity index (χ4v) is 3.64. The summed E-state index contributed by atoms with van der Waals surface area (Å²) in [7, 11) is 1.54. The van der Waals surface area contributed by atoms with E-state index in [1.807, 2.05) is 25.1 Å². The lowest BCUT2D eigenvalue weighted by molar-refractivity contribution is 0.102. The highest BCUT2D eigenvalue weighted by Crippen LogP contribution is 2.25. The lowest BCUT2D eigenvalue weighted by Gasteiger charge is -2.09. The van der Waals surface area contributed by atoms with E-state index in [4.69, 9.17) is 0 Å². The van der Waals surface area contributed by atoms with Gasteiger partial charge in [0.1, 0.15) is 0 Å². The molecule has 7 heteroatoms. The Morgan fingerprint density at radius 2 is 1.92 bits per heavy atom. The van der Waals surface area contributed by atoms with Crippen LogP contribution >= 0.6 is 11.3 Å². The average Bonchev–Trinajstić information content (AvgIpc) is 2.97. The summed E-state index contributed by atoms with van der Waals surface area (Å²) in [6.45, 7) is 1.95. The van der Waals surface area contributed by atoms with Gasteiger partial charge in [-0.25, -0.2) is 9.67 Å². The van der Waals surface area contributed by atoms with Gasteiger partial charge < -0.3 is 5.32 Å². The molecule has 0 spiro atoms. The van der Waals surface area contributed by atoms with E-state index in [0.717, 1.165) is 15.2 Å². The molecule has 0 aliphatic heterocycles. The van der Waals surface area contributed by atoms with Crippen molar-refractivity contribution >= 4 is 43.9 Å². The van der Waals surface area contributed by atoms with E-state index in [1.54, 1.807) is 35.6 Å². The number of hydrogen-bond acceptors (Lipinski definition) is 5. The third kappa shape index (κ3) is 2.68. The van der Waals surface area contributed by atoms with Gasteiger partial charge >= 0.3 is 0 Å². The normalized spacial score (nSPS) is 11.1. The van der Waals surface area contributed by atoms with Gasteiger partial charge in [0.15, 0.2) is 5.69 Å². The number of rotatable bonds is 2. The van der Waals surface area contributed by atoms with E-state index in [2.05, 4.69) is 15.4 Å². The van der Waals surface area contributed by atoms with Gasteiger partial charge in [0.05, 0.1) is 20.6 Å². The molecule has 124 valence electrons. The summed E-state index contributed by atoms with van der Waals surface area (Å²) in [5.41, 5.74) is 1.57. The number of nitrogens with one attached hydrogen (secondary N) is 1. The maximum absolute atomic E-state index is 12.7. The maximum Gasteiger partial charge on any atom is 0.276 e. The van der Waals surface area contributed by atoms with Gasteiger partial charge in [0, 0.05) is 18.1 Å². The number of anilines is 1. The SMILES string of the molecule is Cc1nc2ccc(NC(=O)c3nn(C)c(=O)c4ccccc34)cc2s1. The molecular formula is C18H14N4O2S. The van der Waals surface area contributed by atoms with Crippen LogP contribution in [-0.2, 0) is 7.05 Å². The molecule has 0 saturated heterocycles. The van der Waals surface area contributed by atoms with Crippen LogP contribution in [-0.4, -0.2) is 20.7 Å². The highest BCUT2D eigenvalue weighted by atomic mass is 32.1. The van der Waals surface area contributed by atoms with Crippen LogP contribution in [0.1, 0.15) is 15.5 Å². The summed E-state index contributed by atoms with van der Waals surface area (Å²) in [4.78, 5) is 29.3. The van der Waals surface area contributed by atoms with E-state index >= 15 is 0 Å². The van der Waals surface area contributed by atoms with Gasteiger partial charge in [-0.2, -0.15) is 5.10 Å². The van der Waals surface area contributed by atoms with Crippen LogP contribution in [0.15, 0.2) is 47.3 Å². The fourth-order valence-electron chi connectivity index (χ4n) is 2.78. The van der Waals surface area contributed by atoms with Crippen LogP contribution in [0.3, 0.4) is 0 Å². The number of nitrogens with zero attached hydrogens (tertiary/aromatic N) is 3. The van der Waals surface area contributed by atoms with Crippen molar-refractivity contribution in [2.75, 3.05) is 5.32 Å². The Labute approximate surface area is 146 Å². The first-order valence-corrected chi connectivity index (χ1v) is 8.49. The standard InChI is InChI=1S/C18H14N4O2S/c1-10-19-14-8-7-11(9-15(14)25-10)20-17(23)16-12-5-3-4-6-13(12)18(24)22(2)21-16/h3-9H,1-2H3,(H,20,23). The first-order valence-electron chi connectivity index (χ1n) is 7.67. The summed E-state index contributed by atoms with van der Waals surface area (Å²) < 4.78 is 2.20.